The van der Waals surface area contributed by atoms with Gasteiger partial charge in [-0.2, -0.15) is 0 Å². The third kappa shape index (κ3) is 5.40. The zero-order chi connectivity index (χ0) is 25.8. The van der Waals surface area contributed by atoms with Crippen LogP contribution in [0.3, 0.4) is 0 Å². The molecule has 5 rings (SSSR count). The van der Waals surface area contributed by atoms with Gasteiger partial charge in [0.2, 0.25) is 0 Å². The van der Waals surface area contributed by atoms with Crippen molar-refractivity contribution in [1.29, 1.82) is 0 Å². The Bertz CT molecular complexity index is 1280. The quantitative estimate of drug-likeness (QED) is 0.254. The molecular weight excluding hydrogens is 452 g/mol. The Balaban J connectivity index is 0.000000189. The summed E-state index contributed by atoms with van der Waals surface area (Å²) < 4.78 is 4.95. The molecule has 4 aromatic carbocycles. The number of ether oxygens (including phenoxy) is 1. The average Bonchev–Trinajstić information content (AvgIpc) is 2.84. The Morgan fingerprint density at radius 3 is 1.78 bits per heavy atom. The Morgan fingerprint density at radius 2 is 1.31 bits per heavy atom. The average molecular weight is 487 g/mol. The molecule has 3 unspecified atom stereocenters. The minimum absolute atomic E-state index is 0.0868. The van der Waals surface area contributed by atoms with Gasteiger partial charge in [-0.25, -0.2) is 4.79 Å². The first-order valence-electron chi connectivity index (χ1n) is 12.6. The number of aromatic hydroxyl groups is 2. The van der Waals surface area contributed by atoms with Crippen molar-refractivity contribution in [1.82, 2.24) is 0 Å². The van der Waals surface area contributed by atoms with Crippen LogP contribution < -0.4 is 0 Å². The van der Waals surface area contributed by atoms with Gasteiger partial charge in [-0.15, -0.1) is 0 Å². The molecule has 36 heavy (non-hydrogen) atoms. The van der Waals surface area contributed by atoms with Crippen LogP contribution in [0.1, 0.15) is 40.0 Å². The molecule has 1 saturated carbocycles. The molecule has 1 aliphatic carbocycles. The van der Waals surface area contributed by atoms with E-state index in [1.54, 1.807) is 12.1 Å². The lowest BCUT2D eigenvalue weighted by Gasteiger charge is -2.35. The maximum atomic E-state index is 10.5. The Kier molecular flexibility index (Phi) is 7.68. The van der Waals surface area contributed by atoms with Gasteiger partial charge in [0.25, 0.3) is 0 Å². The highest BCUT2D eigenvalue weighted by Gasteiger charge is 2.33. The maximum absolute atomic E-state index is 10.5. The summed E-state index contributed by atoms with van der Waals surface area (Å²) in [5.41, 5.74) is 1.35. The van der Waals surface area contributed by atoms with Gasteiger partial charge in [0.15, 0.2) is 0 Å². The molecular formula is C31H34O5. The summed E-state index contributed by atoms with van der Waals surface area (Å²) in [4.78, 5) is 10.5. The van der Waals surface area contributed by atoms with E-state index in [9.17, 15) is 15.0 Å². The second kappa shape index (κ2) is 10.9. The number of hydrogen-bond donors (Lipinski definition) is 3. The van der Waals surface area contributed by atoms with E-state index in [2.05, 4.69) is 20.8 Å². The second-order valence-electron chi connectivity index (χ2n) is 10.1. The summed E-state index contributed by atoms with van der Waals surface area (Å²) in [6, 6.07) is 22.9. The lowest BCUT2D eigenvalue weighted by molar-refractivity contribution is -0.0175. The molecule has 0 bridgehead atoms. The minimum Gasteiger partial charge on any atom is -0.507 e. The van der Waals surface area contributed by atoms with E-state index in [-0.39, 0.29) is 17.6 Å². The number of benzene rings is 4. The van der Waals surface area contributed by atoms with Crippen molar-refractivity contribution in [2.24, 2.45) is 17.8 Å². The van der Waals surface area contributed by atoms with E-state index in [1.807, 2.05) is 60.7 Å². The summed E-state index contributed by atoms with van der Waals surface area (Å²) in [5.74, 6) is 1.85. The number of phenolic OH excluding ortho intramolecular Hbond substituents is 2. The van der Waals surface area contributed by atoms with Gasteiger partial charge in [0, 0.05) is 11.1 Å². The maximum Gasteiger partial charge on any atom is 0.506 e. The van der Waals surface area contributed by atoms with Crippen molar-refractivity contribution in [2.75, 3.05) is 0 Å². The summed E-state index contributed by atoms with van der Waals surface area (Å²) in [6.07, 6.45) is 1.96. The molecule has 0 saturated heterocycles. The Labute approximate surface area is 212 Å². The topological polar surface area (TPSA) is 87.0 Å². The minimum atomic E-state index is -1.13. The molecule has 188 valence electrons. The largest absolute Gasteiger partial charge is 0.507 e. The molecule has 0 heterocycles. The highest BCUT2D eigenvalue weighted by molar-refractivity contribution is 6.09. The van der Waals surface area contributed by atoms with E-state index in [4.69, 9.17) is 9.84 Å². The predicted octanol–water partition coefficient (Wildman–Crippen LogP) is 8.21. The van der Waals surface area contributed by atoms with Crippen molar-refractivity contribution in [3.63, 3.8) is 0 Å². The lowest BCUT2D eigenvalue weighted by Crippen LogP contribution is -2.35. The van der Waals surface area contributed by atoms with E-state index in [0.29, 0.717) is 28.9 Å². The van der Waals surface area contributed by atoms with E-state index < -0.39 is 6.16 Å². The normalized spacial score (nSPS) is 19.6. The molecule has 0 aromatic heterocycles. The van der Waals surface area contributed by atoms with Crippen LogP contribution in [0.4, 0.5) is 4.79 Å². The summed E-state index contributed by atoms with van der Waals surface area (Å²) in [5, 5.41) is 33.4. The third-order valence-electron chi connectivity index (χ3n) is 7.28. The van der Waals surface area contributed by atoms with Crippen molar-refractivity contribution in [3.8, 4) is 22.6 Å². The monoisotopic (exact) mass is 486 g/mol. The fraction of sp³-hybridized carbons (Fsp3) is 0.323. The second-order valence-corrected chi connectivity index (χ2v) is 10.1. The van der Waals surface area contributed by atoms with Crippen LogP contribution >= 0.6 is 0 Å². The standard InChI is InChI=1S/C20H14O2.C11H20O3/c21-17-11-9-13-5-1-3-7-15(13)19(17)20-16-8-4-2-6-14(16)10-12-18(20)22;1-7(2)9-5-4-8(3)6-10(9)14-11(12)13/h1-12,21-22H;7-10H,4-6H2,1-3H3,(H,12,13). The first kappa shape index (κ1) is 25.4. The number of hydrogen-bond acceptors (Lipinski definition) is 4. The fourth-order valence-corrected chi connectivity index (χ4v) is 5.43. The molecule has 1 fully saturated rings. The zero-order valence-electron chi connectivity index (χ0n) is 21.0. The molecule has 0 aliphatic heterocycles. The van der Waals surface area contributed by atoms with Crippen molar-refractivity contribution < 1.29 is 24.9 Å². The third-order valence-corrected chi connectivity index (χ3v) is 7.28. The van der Waals surface area contributed by atoms with Gasteiger partial charge < -0.3 is 20.1 Å². The Morgan fingerprint density at radius 1 is 0.806 bits per heavy atom. The van der Waals surface area contributed by atoms with Crippen LogP contribution in [0.25, 0.3) is 32.7 Å². The van der Waals surface area contributed by atoms with Gasteiger partial charge in [-0.3, -0.25) is 0 Å². The number of phenols is 2. The lowest BCUT2D eigenvalue weighted by atomic mass is 9.75. The summed E-state index contributed by atoms with van der Waals surface area (Å²) >= 11 is 0. The van der Waals surface area contributed by atoms with Gasteiger partial charge in [0.05, 0.1) is 0 Å². The van der Waals surface area contributed by atoms with E-state index >= 15 is 0 Å². The van der Waals surface area contributed by atoms with Crippen LogP contribution in [0.5, 0.6) is 11.5 Å². The fourth-order valence-electron chi connectivity index (χ4n) is 5.43. The molecule has 3 N–H and O–H groups in total. The van der Waals surface area contributed by atoms with Crippen LogP contribution in [-0.2, 0) is 4.74 Å². The molecule has 0 spiro atoms. The number of carboxylic acid groups (broad SMARTS) is 1. The zero-order valence-corrected chi connectivity index (χ0v) is 21.0. The molecule has 4 aromatic rings. The molecule has 5 nitrogen and oxygen atoms in total. The van der Waals surface area contributed by atoms with Gasteiger partial charge in [-0.05, 0) is 64.3 Å². The van der Waals surface area contributed by atoms with Gasteiger partial charge in [0.1, 0.15) is 17.6 Å². The highest BCUT2D eigenvalue weighted by atomic mass is 16.7. The first-order valence-corrected chi connectivity index (χ1v) is 12.6. The van der Waals surface area contributed by atoms with Crippen molar-refractivity contribution >= 4 is 27.7 Å². The van der Waals surface area contributed by atoms with Crippen LogP contribution in [0.15, 0.2) is 72.8 Å². The molecule has 0 amide bonds. The number of carbonyl (C=O) groups is 1. The smallest absolute Gasteiger partial charge is 0.506 e. The SMILES string of the molecule is CC1CCC(C(C)C)C(OC(=O)O)C1.Oc1ccc2ccccc2c1-c1c(O)ccc2ccccc12. The van der Waals surface area contributed by atoms with E-state index in [0.717, 1.165) is 34.4 Å². The summed E-state index contributed by atoms with van der Waals surface area (Å²) in [6.45, 7) is 6.44. The van der Waals surface area contributed by atoms with Crippen LogP contribution in [0.2, 0.25) is 0 Å². The van der Waals surface area contributed by atoms with Crippen molar-refractivity contribution in [2.45, 2.75) is 46.1 Å². The first-order chi connectivity index (χ1) is 17.3. The van der Waals surface area contributed by atoms with Crippen LogP contribution in [-0.4, -0.2) is 27.6 Å². The van der Waals surface area contributed by atoms with Gasteiger partial charge in [-0.1, -0.05) is 87.9 Å². The number of fused-ring (bicyclic) bond motifs is 2. The van der Waals surface area contributed by atoms with Gasteiger partial charge >= 0.3 is 6.16 Å². The Hall–Kier alpha value is -3.73. The molecule has 3 atom stereocenters. The number of rotatable bonds is 3. The highest BCUT2D eigenvalue weighted by Crippen LogP contribution is 2.44. The molecule has 0 radical (unpaired) electrons. The predicted molar refractivity (Wildman–Crippen MR) is 144 cm³/mol. The van der Waals surface area contributed by atoms with Crippen LogP contribution in [0, 0.1) is 17.8 Å². The van der Waals surface area contributed by atoms with E-state index in [1.165, 1.54) is 6.42 Å². The summed E-state index contributed by atoms with van der Waals surface area (Å²) in [7, 11) is 0. The molecule has 1 aliphatic rings. The van der Waals surface area contributed by atoms with Crippen molar-refractivity contribution in [3.05, 3.63) is 72.8 Å². The molecule has 5 heteroatoms.